The molecular weight excluding hydrogens is 289 g/mol. The Balaban J connectivity index is 2.26. The van der Waals surface area contributed by atoms with E-state index in [1.165, 1.54) is 23.5 Å². The van der Waals surface area contributed by atoms with Crippen LogP contribution in [0.5, 0.6) is 0 Å². The maximum atomic E-state index is 12.9. The third-order valence-electron chi connectivity index (χ3n) is 2.92. The van der Waals surface area contributed by atoms with Gasteiger partial charge in [-0.2, -0.15) is 0 Å². The second kappa shape index (κ2) is 6.63. The Morgan fingerprint density at radius 1 is 1.29 bits per heavy atom. The van der Waals surface area contributed by atoms with E-state index < -0.39 is 0 Å². The minimum Gasteiger partial charge on any atom is -0.259 e. The molecule has 0 bridgehead atoms. The lowest BCUT2D eigenvalue weighted by Crippen LogP contribution is -2.01. The molecule has 0 saturated carbocycles. The summed E-state index contributed by atoms with van der Waals surface area (Å²) >= 11 is 1.46. The lowest BCUT2D eigenvalue weighted by Gasteiger charge is -2.01. The van der Waals surface area contributed by atoms with E-state index in [4.69, 9.17) is 0 Å². The van der Waals surface area contributed by atoms with Crippen molar-refractivity contribution in [3.8, 4) is 10.4 Å². The lowest BCUT2D eigenvalue weighted by atomic mass is 10.1. The van der Waals surface area contributed by atoms with Crippen LogP contribution in [0.25, 0.3) is 16.5 Å². The molecular formula is C16H16FNO2S. The van der Waals surface area contributed by atoms with Gasteiger partial charge in [-0.05, 0) is 35.7 Å². The van der Waals surface area contributed by atoms with Gasteiger partial charge in [-0.3, -0.25) is 10.1 Å². The first-order valence-electron chi connectivity index (χ1n) is 6.66. The molecule has 0 amide bonds. The van der Waals surface area contributed by atoms with E-state index in [-0.39, 0.29) is 22.4 Å². The van der Waals surface area contributed by atoms with E-state index in [2.05, 4.69) is 0 Å². The second-order valence-electron chi connectivity index (χ2n) is 5.20. The van der Waals surface area contributed by atoms with Gasteiger partial charge in [0.25, 0.3) is 0 Å². The average Bonchev–Trinajstić information content (AvgIpc) is 2.87. The first-order chi connectivity index (χ1) is 9.95. The van der Waals surface area contributed by atoms with Crippen LogP contribution in [-0.4, -0.2) is 4.92 Å². The zero-order valence-electron chi connectivity index (χ0n) is 11.9. The molecule has 2 rings (SSSR count). The van der Waals surface area contributed by atoms with Crippen molar-refractivity contribution in [1.29, 1.82) is 0 Å². The van der Waals surface area contributed by atoms with Gasteiger partial charge in [-0.25, -0.2) is 4.39 Å². The van der Waals surface area contributed by atoms with E-state index in [0.717, 1.165) is 15.3 Å². The summed E-state index contributed by atoms with van der Waals surface area (Å²) in [5.41, 5.74) is 1.13. The van der Waals surface area contributed by atoms with E-state index >= 15 is 0 Å². The summed E-state index contributed by atoms with van der Waals surface area (Å²) in [5.74, 6) is -0.0406. The smallest absolute Gasteiger partial charge is 0.247 e. The van der Waals surface area contributed by atoms with Crippen molar-refractivity contribution in [3.05, 3.63) is 62.9 Å². The fraction of sp³-hybridized carbons (Fsp3) is 0.250. The molecule has 0 N–H and O–H groups in total. The predicted molar refractivity (Wildman–Crippen MR) is 84.1 cm³/mol. The van der Waals surface area contributed by atoms with Gasteiger partial charge in [-0.15, -0.1) is 11.3 Å². The summed E-state index contributed by atoms with van der Waals surface area (Å²) in [7, 11) is 0. The third-order valence-corrected chi connectivity index (χ3v) is 4.00. The fourth-order valence-electron chi connectivity index (χ4n) is 1.97. The minimum absolute atomic E-state index is 0.220. The van der Waals surface area contributed by atoms with Gasteiger partial charge in [0.1, 0.15) is 5.82 Å². The fourth-order valence-corrected chi connectivity index (χ4v) is 2.94. The summed E-state index contributed by atoms with van der Waals surface area (Å²) in [5, 5.41) is 11.1. The average molecular weight is 305 g/mol. The molecule has 110 valence electrons. The van der Waals surface area contributed by atoms with Crippen LogP contribution in [0.15, 0.2) is 42.1 Å². The van der Waals surface area contributed by atoms with Gasteiger partial charge in [-0.1, -0.05) is 26.0 Å². The Kier molecular flexibility index (Phi) is 4.85. The summed E-state index contributed by atoms with van der Waals surface area (Å²) in [6.07, 6.45) is 2.06. The Morgan fingerprint density at radius 2 is 1.95 bits per heavy atom. The molecule has 0 unspecified atom stereocenters. The topological polar surface area (TPSA) is 43.1 Å². The lowest BCUT2D eigenvalue weighted by molar-refractivity contribution is -0.427. The van der Waals surface area contributed by atoms with Crippen LogP contribution in [0.2, 0.25) is 0 Å². The monoisotopic (exact) mass is 305 g/mol. The number of halogens is 1. The van der Waals surface area contributed by atoms with Crippen LogP contribution in [-0.2, 0) is 0 Å². The van der Waals surface area contributed by atoms with Crippen molar-refractivity contribution < 1.29 is 9.31 Å². The van der Waals surface area contributed by atoms with Gasteiger partial charge in [0, 0.05) is 22.3 Å². The van der Waals surface area contributed by atoms with E-state index in [9.17, 15) is 14.5 Å². The van der Waals surface area contributed by atoms with Crippen molar-refractivity contribution in [3.63, 3.8) is 0 Å². The summed E-state index contributed by atoms with van der Waals surface area (Å²) in [6.45, 7) is 3.91. The van der Waals surface area contributed by atoms with Crippen LogP contribution in [0.4, 0.5) is 4.39 Å². The maximum Gasteiger partial charge on any atom is 0.247 e. The minimum atomic E-state index is -0.322. The highest BCUT2D eigenvalue weighted by atomic mass is 32.1. The summed E-state index contributed by atoms with van der Waals surface area (Å²) in [4.78, 5) is 12.5. The SMILES string of the molecule is CC(C)CC(=Cc1ccc(-c2ccc(F)cc2)s1)[N+](=O)[O-]. The molecule has 0 aliphatic heterocycles. The van der Waals surface area contributed by atoms with Gasteiger partial charge >= 0.3 is 0 Å². The largest absolute Gasteiger partial charge is 0.259 e. The van der Waals surface area contributed by atoms with Crippen molar-refractivity contribution in [2.24, 2.45) is 5.92 Å². The Morgan fingerprint density at radius 3 is 2.52 bits per heavy atom. The molecule has 21 heavy (non-hydrogen) atoms. The van der Waals surface area contributed by atoms with Crippen molar-refractivity contribution in [2.45, 2.75) is 20.3 Å². The molecule has 0 spiro atoms. The number of nitrogens with zero attached hydrogens (tertiary/aromatic N) is 1. The molecule has 0 aliphatic rings. The molecule has 0 fully saturated rings. The number of hydrogen-bond donors (Lipinski definition) is 0. The zero-order valence-corrected chi connectivity index (χ0v) is 12.7. The number of nitro groups is 1. The number of benzene rings is 1. The van der Waals surface area contributed by atoms with Crippen molar-refractivity contribution in [2.75, 3.05) is 0 Å². The Hall–Kier alpha value is -2.01. The highest BCUT2D eigenvalue weighted by Gasteiger charge is 2.14. The Bertz CT molecular complexity index is 659. The van der Waals surface area contributed by atoms with E-state index in [1.54, 1.807) is 18.2 Å². The van der Waals surface area contributed by atoms with Gasteiger partial charge < -0.3 is 0 Å². The normalized spacial score (nSPS) is 11.9. The predicted octanol–water partition coefficient (Wildman–Crippen LogP) is 5.22. The number of thiophene rings is 1. The maximum absolute atomic E-state index is 12.9. The molecule has 1 heterocycles. The van der Waals surface area contributed by atoms with Crippen LogP contribution in [0.3, 0.4) is 0 Å². The van der Waals surface area contributed by atoms with Crippen LogP contribution < -0.4 is 0 Å². The van der Waals surface area contributed by atoms with Crippen LogP contribution in [0.1, 0.15) is 25.1 Å². The summed E-state index contributed by atoms with van der Waals surface area (Å²) in [6, 6.07) is 9.98. The molecule has 5 heteroatoms. The second-order valence-corrected chi connectivity index (χ2v) is 6.32. The van der Waals surface area contributed by atoms with Crippen molar-refractivity contribution in [1.82, 2.24) is 0 Å². The number of hydrogen-bond acceptors (Lipinski definition) is 3. The molecule has 3 nitrogen and oxygen atoms in total. The highest BCUT2D eigenvalue weighted by molar-refractivity contribution is 7.16. The van der Waals surface area contributed by atoms with E-state index in [0.29, 0.717) is 6.42 Å². The van der Waals surface area contributed by atoms with Crippen LogP contribution >= 0.6 is 11.3 Å². The molecule has 2 aromatic rings. The van der Waals surface area contributed by atoms with Crippen molar-refractivity contribution >= 4 is 17.4 Å². The third kappa shape index (κ3) is 4.23. The molecule has 1 aromatic heterocycles. The number of allylic oxidation sites excluding steroid dienone is 1. The van der Waals surface area contributed by atoms with Gasteiger partial charge in [0.05, 0.1) is 4.92 Å². The number of rotatable bonds is 5. The van der Waals surface area contributed by atoms with E-state index in [1.807, 2.05) is 26.0 Å². The molecule has 0 saturated heterocycles. The quantitative estimate of drug-likeness (QED) is 0.561. The van der Waals surface area contributed by atoms with Gasteiger partial charge in [0.15, 0.2) is 0 Å². The molecule has 0 aliphatic carbocycles. The standard InChI is InChI=1S/C16H16FNO2S/c1-11(2)9-14(18(19)20)10-15-7-8-16(21-15)12-3-5-13(17)6-4-12/h3-8,10-11H,9H2,1-2H3. The summed E-state index contributed by atoms with van der Waals surface area (Å²) < 4.78 is 12.9. The molecule has 0 atom stereocenters. The molecule has 1 aromatic carbocycles. The van der Waals surface area contributed by atoms with Gasteiger partial charge in [0.2, 0.25) is 5.70 Å². The zero-order chi connectivity index (χ0) is 15.4. The molecule has 0 radical (unpaired) electrons. The van der Waals surface area contributed by atoms with Crippen LogP contribution in [0, 0.1) is 21.8 Å². The Labute approximate surface area is 126 Å². The first-order valence-corrected chi connectivity index (χ1v) is 7.48. The first kappa shape index (κ1) is 15.4. The highest BCUT2D eigenvalue weighted by Crippen LogP contribution is 2.30.